The van der Waals surface area contributed by atoms with E-state index in [0.717, 1.165) is 5.69 Å². The van der Waals surface area contributed by atoms with Gasteiger partial charge in [0, 0.05) is 6.54 Å². The highest BCUT2D eigenvalue weighted by Gasteiger charge is 2.13. The molecular weight excluding hydrogens is 216 g/mol. The molecule has 17 heavy (non-hydrogen) atoms. The molecule has 0 aromatic heterocycles. The van der Waals surface area contributed by atoms with Crippen LogP contribution in [0.1, 0.15) is 27.7 Å². The number of benzene rings is 1. The Bertz CT molecular complexity index is 370. The SMILES string of the molecule is CC(C)Oc1cccc(NCC(C)(C)O)c1N. The van der Waals surface area contributed by atoms with E-state index >= 15 is 0 Å². The van der Waals surface area contributed by atoms with Gasteiger partial charge < -0.3 is 20.9 Å². The molecule has 1 rings (SSSR count). The molecule has 0 aliphatic carbocycles. The molecule has 0 aliphatic heterocycles. The monoisotopic (exact) mass is 238 g/mol. The van der Waals surface area contributed by atoms with Gasteiger partial charge in [0.05, 0.1) is 23.1 Å². The Kier molecular flexibility index (Phi) is 4.23. The number of hydrogen-bond acceptors (Lipinski definition) is 4. The normalized spacial score (nSPS) is 11.6. The highest BCUT2D eigenvalue weighted by atomic mass is 16.5. The largest absolute Gasteiger partial charge is 0.489 e. The number of hydrogen-bond donors (Lipinski definition) is 3. The number of nitrogens with one attached hydrogen (secondary N) is 1. The van der Waals surface area contributed by atoms with E-state index < -0.39 is 5.60 Å². The van der Waals surface area contributed by atoms with Crippen LogP contribution in [0.15, 0.2) is 18.2 Å². The molecular formula is C13H22N2O2. The molecule has 1 aromatic rings. The van der Waals surface area contributed by atoms with Crippen LogP contribution in [0, 0.1) is 0 Å². The Morgan fingerprint density at radius 3 is 2.59 bits per heavy atom. The number of nitrogen functional groups attached to an aromatic ring is 1. The fraction of sp³-hybridized carbons (Fsp3) is 0.538. The second-order valence-corrected chi connectivity index (χ2v) is 5.05. The van der Waals surface area contributed by atoms with E-state index in [0.29, 0.717) is 18.0 Å². The Hall–Kier alpha value is -1.42. The van der Waals surface area contributed by atoms with E-state index in [2.05, 4.69) is 5.32 Å². The van der Waals surface area contributed by atoms with Gasteiger partial charge >= 0.3 is 0 Å². The molecule has 4 nitrogen and oxygen atoms in total. The summed E-state index contributed by atoms with van der Waals surface area (Å²) >= 11 is 0. The van der Waals surface area contributed by atoms with Gasteiger partial charge in [-0.2, -0.15) is 0 Å². The van der Waals surface area contributed by atoms with Crippen molar-refractivity contribution < 1.29 is 9.84 Å². The van der Waals surface area contributed by atoms with Crippen molar-refractivity contribution in [2.24, 2.45) is 0 Å². The molecule has 0 fully saturated rings. The zero-order chi connectivity index (χ0) is 13.1. The predicted octanol–water partition coefficient (Wildman–Crippen LogP) is 2.24. The summed E-state index contributed by atoms with van der Waals surface area (Å²) in [6.07, 6.45) is 0.0850. The third-order valence-corrected chi connectivity index (χ3v) is 2.14. The first-order chi connectivity index (χ1) is 7.79. The third-order valence-electron chi connectivity index (χ3n) is 2.14. The average Bonchev–Trinajstić information content (AvgIpc) is 2.17. The average molecular weight is 238 g/mol. The summed E-state index contributed by atoms with van der Waals surface area (Å²) in [6, 6.07) is 5.58. The van der Waals surface area contributed by atoms with Crippen LogP contribution in [0.2, 0.25) is 0 Å². The molecule has 1 aromatic carbocycles. The summed E-state index contributed by atoms with van der Waals surface area (Å²) in [5.41, 5.74) is 6.57. The topological polar surface area (TPSA) is 67.5 Å². The van der Waals surface area contributed by atoms with Gasteiger partial charge in [-0.1, -0.05) is 6.07 Å². The maximum Gasteiger partial charge on any atom is 0.144 e. The summed E-state index contributed by atoms with van der Waals surface area (Å²) in [6.45, 7) is 7.82. The van der Waals surface area contributed by atoms with Crippen LogP contribution >= 0.6 is 0 Å². The number of aliphatic hydroxyl groups is 1. The second-order valence-electron chi connectivity index (χ2n) is 5.05. The van der Waals surface area contributed by atoms with Gasteiger partial charge in [0.2, 0.25) is 0 Å². The van der Waals surface area contributed by atoms with E-state index in [-0.39, 0.29) is 6.10 Å². The minimum atomic E-state index is -0.776. The van der Waals surface area contributed by atoms with Crippen molar-refractivity contribution >= 4 is 11.4 Å². The highest BCUT2D eigenvalue weighted by molar-refractivity contribution is 5.73. The minimum absolute atomic E-state index is 0.0850. The summed E-state index contributed by atoms with van der Waals surface area (Å²) < 4.78 is 5.59. The highest BCUT2D eigenvalue weighted by Crippen LogP contribution is 2.30. The molecule has 0 bridgehead atoms. The van der Waals surface area contributed by atoms with E-state index in [1.54, 1.807) is 13.8 Å². The van der Waals surface area contributed by atoms with Crippen LogP contribution in [0.5, 0.6) is 5.75 Å². The summed E-state index contributed by atoms with van der Waals surface area (Å²) in [5.74, 6) is 0.667. The maximum absolute atomic E-state index is 9.65. The van der Waals surface area contributed by atoms with E-state index in [9.17, 15) is 5.11 Å². The Balaban J connectivity index is 2.80. The van der Waals surface area contributed by atoms with Gasteiger partial charge in [0.15, 0.2) is 0 Å². The van der Waals surface area contributed by atoms with Gasteiger partial charge in [0.1, 0.15) is 5.75 Å². The van der Waals surface area contributed by atoms with Crippen LogP contribution in [0.4, 0.5) is 11.4 Å². The number of anilines is 2. The van der Waals surface area contributed by atoms with Gasteiger partial charge in [-0.15, -0.1) is 0 Å². The van der Waals surface area contributed by atoms with Crippen molar-refractivity contribution in [2.75, 3.05) is 17.6 Å². The summed E-state index contributed by atoms with van der Waals surface area (Å²) in [5, 5.41) is 12.8. The molecule has 0 saturated carbocycles. The summed E-state index contributed by atoms with van der Waals surface area (Å²) in [7, 11) is 0. The minimum Gasteiger partial charge on any atom is -0.489 e. The summed E-state index contributed by atoms with van der Waals surface area (Å²) in [4.78, 5) is 0. The van der Waals surface area contributed by atoms with Gasteiger partial charge in [-0.25, -0.2) is 0 Å². The fourth-order valence-corrected chi connectivity index (χ4v) is 1.37. The van der Waals surface area contributed by atoms with E-state index in [1.165, 1.54) is 0 Å². The van der Waals surface area contributed by atoms with Crippen molar-refractivity contribution in [1.82, 2.24) is 0 Å². The van der Waals surface area contributed by atoms with Gasteiger partial charge in [0.25, 0.3) is 0 Å². The lowest BCUT2D eigenvalue weighted by Crippen LogP contribution is -2.29. The quantitative estimate of drug-likeness (QED) is 0.688. The first kappa shape index (κ1) is 13.6. The molecule has 4 heteroatoms. The molecule has 0 unspecified atom stereocenters. The molecule has 0 heterocycles. The third kappa shape index (κ3) is 4.53. The Morgan fingerprint density at radius 1 is 1.41 bits per heavy atom. The lowest BCUT2D eigenvalue weighted by molar-refractivity contribution is 0.0945. The van der Waals surface area contributed by atoms with Crippen LogP contribution in [-0.4, -0.2) is 23.4 Å². The molecule has 0 saturated heterocycles. The number of ether oxygens (including phenoxy) is 1. The van der Waals surface area contributed by atoms with Crippen LogP contribution in [0.25, 0.3) is 0 Å². The fourth-order valence-electron chi connectivity index (χ4n) is 1.37. The lowest BCUT2D eigenvalue weighted by atomic mass is 10.1. The first-order valence-corrected chi connectivity index (χ1v) is 5.81. The van der Waals surface area contributed by atoms with Gasteiger partial charge in [-0.3, -0.25) is 0 Å². The van der Waals surface area contributed by atoms with Crippen LogP contribution < -0.4 is 15.8 Å². The molecule has 96 valence electrons. The maximum atomic E-state index is 9.65. The van der Waals surface area contributed by atoms with Crippen molar-refractivity contribution in [1.29, 1.82) is 0 Å². The van der Waals surface area contributed by atoms with E-state index in [4.69, 9.17) is 10.5 Å². The smallest absolute Gasteiger partial charge is 0.144 e. The first-order valence-electron chi connectivity index (χ1n) is 5.81. The number of rotatable bonds is 5. The van der Waals surface area contributed by atoms with Crippen molar-refractivity contribution in [3.05, 3.63) is 18.2 Å². The van der Waals surface area contributed by atoms with E-state index in [1.807, 2.05) is 32.0 Å². The number of nitrogens with two attached hydrogens (primary N) is 1. The molecule has 0 radical (unpaired) electrons. The Labute approximate surface area is 103 Å². The van der Waals surface area contributed by atoms with Crippen molar-refractivity contribution in [3.8, 4) is 5.75 Å². The molecule has 0 atom stereocenters. The zero-order valence-electron chi connectivity index (χ0n) is 10.9. The van der Waals surface area contributed by atoms with Gasteiger partial charge in [-0.05, 0) is 39.8 Å². The standard InChI is InChI=1S/C13H22N2O2/c1-9(2)17-11-7-5-6-10(12(11)14)15-8-13(3,4)16/h5-7,9,15-16H,8,14H2,1-4H3. The molecule has 4 N–H and O–H groups in total. The molecule has 0 spiro atoms. The van der Waals surface area contributed by atoms with Crippen LogP contribution in [0.3, 0.4) is 0 Å². The second kappa shape index (κ2) is 5.27. The van der Waals surface area contributed by atoms with Crippen molar-refractivity contribution in [3.63, 3.8) is 0 Å². The molecule has 0 amide bonds. The zero-order valence-corrected chi connectivity index (χ0v) is 10.9. The Morgan fingerprint density at radius 2 is 2.06 bits per heavy atom. The lowest BCUT2D eigenvalue weighted by Gasteiger charge is -2.20. The van der Waals surface area contributed by atoms with Crippen molar-refractivity contribution in [2.45, 2.75) is 39.4 Å². The predicted molar refractivity (Wildman–Crippen MR) is 71.4 cm³/mol. The van der Waals surface area contributed by atoms with Crippen LogP contribution in [-0.2, 0) is 0 Å². The number of para-hydroxylation sites is 1. The molecule has 0 aliphatic rings.